The van der Waals surface area contributed by atoms with Gasteiger partial charge in [0, 0.05) is 24.7 Å². The van der Waals surface area contributed by atoms with Crippen molar-refractivity contribution >= 4 is 11.6 Å². The van der Waals surface area contributed by atoms with Crippen molar-refractivity contribution in [1.29, 1.82) is 0 Å². The molecule has 0 fully saturated rings. The molecule has 1 aromatic carbocycles. The molecule has 0 radical (unpaired) electrons. The van der Waals surface area contributed by atoms with Gasteiger partial charge in [0.1, 0.15) is 0 Å². The highest BCUT2D eigenvalue weighted by atomic mass is 16.6. The lowest BCUT2D eigenvalue weighted by molar-refractivity contribution is -0.384. The van der Waals surface area contributed by atoms with Gasteiger partial charge in [0.2, 0.25) is 0 Å². The smallest absolute Gasteiger partial charge is 0.277 e. The molecule has 1 aromatic rings. The molecule has 0 saturated carbocycles. The number of amides is 1. The quantitative estimate of drug-likeness (QED) is 0.435. The van der Waals surface area contributed by atoms with Gasteiger partial charge >= 0.3 is 0 Å². The number of carbonyl (C=O) groups excluding carboxylic acids is 1. The second-order valence-corrected chi connectivity index (χ2v) is 2.64. The summed E-state index contributed by atoms with van der Waals surface area (Å²) in [6.07, 6.45) is 0. The fraction of sp³-hybridized carbons (Fsp3) is 0.125. The van der Waals surface area contributed by atoms with Crippen LogP contribution in [-0.4, -0.2) is 28.1 Å². The molecular formula is C8H8N2O4. The molecule has 0 unspecified atom stereocenters. The van der Waals surface area contributed by atoms with Gasteiger partial charge in [-0.1, -0.05) is 6.07 Å². The second-order valence-electron chi connectivity index (χ2n) is 2.64. The monoisotopic (exact) mass is 196 g/mol. The molecule has 1 amide bonds. The van der Waals surface area contributed by atoms with Crippen LogP contribution in [0.4, 0.5) is 5.69 Å². The fourth-order valence-electron chi connectivity index (χ4n) is 0.939. The van der Waals surface area contributed by atoms with E-state index in [0.717, 1.165) is 13.1 Å². The Morgan fingerprint density at radius 2 is 2.21 bits per heavy atom. The number of hydrogen-bond donors (Lipinski definition) is 1. The topological polar surface area (TPSA) is 83.7 Å². The normalized spacial score (nSPS) is 9.57. The first-order valence-electron chi connectivity index (χ1n) is 3.74. The molecule has 0 aliphatic carbocycles. The van der Waals surface area contributed by atoms with Crippen LogP contribution in [0.15, 0.2) is 24.3 Å². The lowest BCUT2D eigenvalue weighted by atomic mass is 10.2. The van der Waals surface area contributed by atoms with Gasteiger partial charge in [0.05, 0.1) is 4.92 Å². The average molecular weight is 196 g/mol. The van der Waals surface area contributed by atoms with E-state index in [4.69, 9.17) is 5.21 Å². The van der Waals surface area contributed by atoms with E-state index in [1.54, 1.807) is 0 Å². The summed E-state index contributed by atoms with van der Waals surface area (Å²) in [5, 5.41) is 19.6. The van der Waals surface area contributed by atoms with E-state index in [1.807, 2.05) is 0 Å². The molecule has 0 heterocycles. The minimum absolute atomic E-state index is 0.0733. The zero-order chi connectivity index (χ0) is 10.7. The number of hydroxylamine groups is 2. The molecule has 0 aromatic heterocycles. The maximum atomic E-state index is 11.2. The Labute approximate surface area is 79.5 Å². The molecule has 14 heavy (non-hydrogen) atoms. The highest BCUT2D eigenvalue weighted by Gasteiger charge is 2.13. The summed E-state index contributed by atoms with van der Waals surface area (Å²) < 4.78 is 0. The van der Waals surface area contributed by atoms with E-state index in [0.29, 0.717) is 5.06 Å². The van der Waals surface area contributed by atoms with Crippen molar-refractivity contribution in [3.05, 3.63) is 39.9 Å². The summed E-state index contributed by atoms with van der Waals surface area (Å²) >= 11 is 0. The summed E-state index contributed by atoms with van der Waals surface area (Å²) in [5.74, 6) is -0.686. The van der Waals surface area contributed by atoms with Gasteiger partial charge < -0.3 is 0 Å². The van der Waals surface area contributed by atoms with Gasteiger partial charge in [-0.3, -0.25) is 20.1 Å². The van der Waals surface area contributed by atoms with E-state index in [-0.39, 0.29) is 11.3 Å². The number of nitro groups is 1. The Kier molecular flexibility index (Phi) is 2.78. The molecule has 0 aliphatic heterocycles. The molecule has 74 valence electrons. The van der Waals surface area contributed by atoms with Gasteiger partial charge in [0.25, 0.3) is 11.6 Å². The van der Waals surface area contributed by atoms with Crippen LogP contribution in [0, 0.1) is 10.1 Å². The molecule has 6 nitrogen and oxygen atoms in total. The number of hydrogen-bond acceptors (Lipinski definition) is 4. The van der Waals surface area contributed by atoms with Crippen LogP contribution in [0.1, 0.15) is 10.4 Å². The largest absolute Gasteiger partial charge is 0.286 e. The molecule has 0 spiro atoms. The number of nitrogens with zero attached hydrogens (tertiary/aromatic N) is 2. The molecule has 0 aliphatic rings. The molecule has 1 rings (SSSR count). The van der Waals surface area contributed by atoms with Crippen molar-refractivity contribution in [1.82, 2.24) is 5.06 Å². The summed E-state index contributed by atoms with van der Waals surface area (Å²) in [5.41, 5.74) is -0.109. The minimum Gasteiger partial charge on any atom is -0.286 e. The van der Waals surface area contributed by atoms with E-state index in [9.17, 15) is 14.9 Å². The third-order valence-corrected chi connectivity index (χ3v) is 1.60. The summed E-state index contributed by atoms with van der Waals surface area (Å²) in [6, 6.07) is 5.15. The Balaban J connectivity index is 3.06. The summed E-state index contributed by atoms with van der Waals surface area (Å²) in [4.78, 5) is 20.9. The molecule has 0 saturated heterocycles. The summed E-state index contributed by atoms with van der Waals surface area (Å²) in [6.45, 7) is 0. The third-order valence-electron chi connectivity index (χ3n) is 1.60. The number of nitro benzene ring substituents is 1. The summed E-state index contributed by atoms with van der Waals surface area (Å²) in [7, 11) is 1.15. The zero-order valence-electron chi connectivity index (χ0n) is 7.38. The Hall–Kier alpha value is -1.95. The van der Waals surface area contributed by atoms with Gasteiger partial charge in [0.15, 0.2) is 0 Å². The Morgan fingerprint density at radius 1 is 1.57 bits per heavy atom. The number of non-ortho nitro benzene ring substituents is 1. The maximum Gasteiger partial charge on any atom is 0.277 e. The standard InChI is InChI=1S/C8H8N2O4/c1-9(12)8(11)6-3-2-4-7(5-6)10(13)14/h2-5,12H,1H3. The average Bonchev–Trinajstić information content (AvgIpc) is 2.16. The number of carbonyl (C=O) groups is 1. The third kappa shape index (κ3) is 2.05. The number of benzene rings is 1. The van der Waals surface area contributed by atoms with Crippen molar-refractivity contribution < 1.29 is 14.9 Å². The van der Waals surface area contributed by atoms with Crippen LogP contribution in [0.2, 0.25) is 0 Å². The van der Waals surface area contributed by atoms with Crippen molar-refractivity contribution in [2.75, 3.05) is 7.05 Å². The van der Waals surface area contributed by atoms with Gasteiger partial charge in [-0.2, -0.15) is 0 Å². The van der Waals surface area contributed by atoms with Crippen molar-refractivity contribution in [2.45, 2.75) is 0 Å². The highest BCUT2D eigenvalue weighted by molar-refractivity contribution is 5.93. The van der Waals surface area contributed by atoms with Gasteiger partial charge in [-0.05, 0) is 6.07 Å². The van der Waals surface area contributed by atoms with Crippen LogP contribution in [0.3, 0.4) is 0 Å². The van der Waals surface area contributed by atoms with E-state index >= 15 is 0 Å². The number of rotatable bonds is 2. The molecule has 1 N–H and O–H groups in total. The van der Waals surface area contributed by atoms with Crippen LogP contribution < -0.4 is 0 Å². The van der Waals surface area contributed by atoms with Gasteiger partial charge in [-0.15, -0.1) is 0 Å². The fourth-order valence-corrected chi connectivity index (χ4v) is 0.939. The molecule has 6 heteroatoms. The second kappa shape index (κ2) is 3.84. The van der Waals surface area contributed by atoms with Crippen LogP contribution in [0.25, 0.3) is 0 Å². The zero-order valence-corrected chi connectivity index (χ0v) is 7.38. The lowest BCUT2D eigenvalue weighted by Gasteiger charge is -2.07. The van der Waals surface area contributed by atoms with Gasteiger partial charge in [-0.25, -0.2) is 5.06 Å². The van der Waals surface area contributed by atoms with Crippen molar-refractivity contribution in [3.63, 3.8) is 0 Å². The predicted molar refractivity (Wildman–Crippen MR) is 47.0 cm³/mol. The highest BCUT2D eigenvalue weighted by Crippen LogP contribution is 2.13. The first-order valence-corrected chi connectivity index (χ1v) is 3.74. The Morgan fingerprint density at radius 3 is 2.71 bits per heavy atom. The molecule has 0 atom stereocenters. The van der Waals surface area contributed by atoms with E-state index in [1.165, 1.54) is 18.2 Å². The molecule has 0 bridgehead atoms. The first kappa shape index (κ1) is 10.1. The Bertz CT molecular complexity index is 375. The van der Waals surface area contributed by atoms with Crippen molar-refractivity contribution in [3.8, 4) is 0 Å². The minimum atomic E-state index is -0.686. The maximum absolute atomic E-state index is 11.2. The van der Waals surface area contributed by atoms with Crippen molar-refractivity contribution in [2.24, 2.45) is 0 Å². The predicted octanol–water partition coefficient (Wildman–Crippen LogP) is 1.06. The lowest BCUT2D eigenvalue weighted by Crippen LogP contribution is -2.22. The molecular weight excluding hydrogens is 188 g/mol. The van der Waals surface area contributed by atoms with Crippen LogP contribution in [0.5, 0.6) is 0 Å². The van der Waals surface area contributed by atoms with Crippen LogP contribution >= 0.6 is 0 Å². The SMILES string of the molecule is CN(O)C(=O)c1cccc([N+](=O)[O-])c1. The first-order chi connectivity index (χ1) is 6.52. The van der Waals surface area contributed by atoms with Crippen LogP contribution in [-0.2, 0) is 0 Å². The van der Waals surface area contributed by atoms with E-state index in [2.05, 4.69) is 0 Å². The van der Waals surface area contributed by atoms with E-state index < -0.39 is 10.8 Å².